The molecule has 0 aromatic heterocycles. The molecule has 2 unspecified atom stereocenters. The molecule has 0 radical (unpaired) electrons. The van der Waals surface area contributed by atoms with Gasteiger partial charge >= 0.3 is 0 Å². The number of benzene rings is 1. The van der Waals surface area contributed by atoms with Crippen LogP contribution in [0.4, 0.5) is 0 Å². The molecule has 5 nitrogen and oxygen atoms in total. The van der Waals surface area contributed by atoms with Crippen molar-refractivity contribution in [1.29, 1.82) is 0 Å². The summed E-state index contributed by atoms with van der Waals surface area (Å²) in [5.74, 6) is 1.35. The first-order valence-electron chi connectivity index (χ1n) is 6.90. The zero-order valence-corrected chi connectivity index (χ0v) is 11.8. The molecule has 1 aliphatic heterocycles. The normalized spacial score (nSPS) is 18.7. The lowest BCUT2D eigenvalue weighted by atomic mass is 10.1. The van der Waals surface area contributed by atoms with E-state index in [9.17, 15) is 9.90 Å². The fraction of sp³-hybridized carbons (Fsp3) is 0.533. The number of para-hydroxylation sites is 2. The van der Waals surface area contributed by atoms with Crippen molar-refractivity contribution < 1.29 is 19.4 Å². The molecule has 5 heteroatoms. The summed E-state index contributed by atoms with van der Waals surface area (Å²) < 4.78 is 11.1. The number of hydrogen-bond acceptors (Lipinski definition) is 4. The molecule has 0 aliphatic carbocycles. The van der Waals surface area contributed by atoms with Crippen molar-refractivity contribution in [2.45, 2.75) is 32.5 Å². The van der Waals surface area contributed by atoms with Gasteiger partial charge in [0.15, 0.2) is 11.5 Å². The molecule has 0 spiro atoms. The number of fused-ring (bicyclic) bond motifs is 1. The number of rotatable bonds is 5. The quantitative estimate of drug-likeness (QED) is 0.853. The van der Waals surface area contributed by atoms with Crippen LogP contribution in [-0.4, -0.2) is 36.4 Å². The highest BCUT2D eigenvalue weighted by Gasteiger charge is 2.27. The summed E-state index contributed by atoms with van der Waals surface area (Å²) in [4.78, 5) is 12.0. The third-order valence-electron chi connectivity index (χ3n) is 3.06. The first kappa shape index (κ1) is 14.7. The van der Waals surface area contributed by atoms with E-state index in [1.165, 1.54) is 0 Å². The average Bonchev–Trinajstić information content (AvgIpc) is 2.43. The molecule has 2 rings (SSSR count). The summed E-state index contributed by atoms with van der Waals surface area (Å²) in [5, 5.41) is 12.4. The second kappa shape index (κ2) is 6.61. The molecular formula is C15H21NO4. The van der Waals surface area contributed by atoms with Crippen LogP contribution in [0.25, 0.3) is 0 Å². The predicted molar refractivity (Wildman–Crippen MR) is 74.8 cm³/mol. The second-order valence-electron chi connectivity index (χ2n) is 5.39. The highest BCUT2D eigenvalue weighted by molar-refractivity contribution is 5.81. The van der Waals surface area contributed by atoms with Crippen LogP contribution in [0.3, 0.4) is 0 Å². The largest absolute Gasteiger partial charge is 0.485 e. The van der Waals surface area contributed by atoms with Crippen LogP contribution >= 0.6 is 0 Å². The Kier molecular flexibility index (Phi) is 4.84. The van der Waals surface area contributed by atoms with E-state index in [0.29, 0.717) is 23.8 Å². The summed E-state index contributed by atoms with van der Waals surface area (Å²) in [7, 11) is 0. The highest BCUT2D eigenvalue weighted by atomic mass is 16.6. The van der Waals surface area contributed by atoms with E-state index < -0.39 is 12.2 Å². The number of aliphatic hydroxyl groups excluding tert-OH is 1. The van der Waals surface area contributed by atoms with Crippen LogP contribution in [0, 0.1) is 5.92 Å². The lowest BCUT2D eigenvalue weighted by molar-refractivity contribution is -0.130. The van der Waals surface area contributed by atoms with Crippen molar-refractivity contribution in [3.05, 3.63) is 24.3 Å². The summed E-state index contributed by atoms with van der Waals surface area (Å²) in [5.41, 5.74) is 0. The van der Waals surface area contributed by atoms with Gasteiger partial charge in [0.1, 0.15) is 6.61 Å². The predicted octanol–water partition coefficient (Wildman–Crippen LogP) is 1.35. The topological polar surface area (TPSA) is 67.8 Å². The monoisotopic (exact) mass is 279 g/mol. The van der Waals surface area contributed by atoms with Gasteiger partial charge in [0.2, 0.25) is 6.10 Å². The average molecular weight is 279 g/mol. The van der Waals surface area contributed by atoms with Crippen molar-refractivity contribution in [1.82, 2.24) is 5.32 Å². The number of amides is 1. The number of hydrogen-bond donors (Lipinski definition) is 2. The second-order valence-corrected chi connectivity index (χ2v) is 5.39. The van der Waals surface area contributed by atoms with Crippen LogP contribution < -0.4 is 14.8 Å². The van der Waals surface area contributed by atoms with Gasteiger partial charge in [0, 0.05) is 6.54 Å². The van der Waals surface area contributed by atoms with E-state index in [-0.39, 0.29) is 19.1 Å². The molecule has 1 aliphatic rings. The van der Waals surface area contributed by atoms with E-state index in [1.54, 1.807) is 12.1 Å². The minimum Gasteiger partial charge on any atom is -0.485 e. The van der Waals surface area contributed by atoms with Crippen LogP contribution in [0.5, 0.6) is 11.5 Å². The lowest BCUT2D eigenvalue weighted by Gasteiger charge is -2.26. The Balaban J connectivity index is 1.83. The summed E-state index contributed by atoms with van der Waals surface area (Å²) in [6.07, 6.45) is -0.544. The third kappa shape index (κ3) is 3.87. The van der Waals surface area contributed by atoms with E-state index in [4.69, 9.17) is 9.47 Å². The van der Waals surface area contributed by atoms with Crippen molar-refractivity contribution in [3.8, 4) is 11.5 Å². The van der Waals surface area contributed by atoms with Crippen LogP contribution in [0.2, 0.25) is 0 Å². The molecular weight excluding hydrogens is 258 g/mol. The van der Waals surface area contributed by atoms with Crippen LogP contribution in [-0.2, 0) is 4.79 Å². The minimum atomic E-state index is -0.670. The van der Waals surface area contributed by atoms with Gasteiger partial charge in [-0.05, 0) is 24.5 Å². The van der Waals surface area contributed by atoms with Gasteiger partial charge in [0.05, 0.1) is 6.10 Å². The Hall–Kier alpha value is -1.75. The van der Waals surface area contributed by atoms with Crippen LogP contribution in [0.15, 0.2) is 24.3 Å². The molecule has 1 aromatic rings. The van der Waals surface area contributed by atoms with Gasteiger partial charge in [-0.2, -0.15) is 0 Å². The van der Waals surface area contributed by atoms with Crippen molar-refractivity contribution in [2.24, 2.45) is 5.92 Å². The number of ether oxygens (including phenoxy) is 2. The van der Waals surface area contributed by atoms with Crippen LogP contribution in [0.1, 0.15) is 20.3 Å². The van der Waals surface area contributed by atoms with Gasteiger partial charge in [0.25, 0.3) is 5.91 Å². The third-order valence-corrected chi connectivity index (χ3v) is 3.06. The standard InChI is InChI=1S/C15H21NO4/c1-10(2)7-11(17)8-16-15(18)14-9-19-12-5-3-4-6-13(12)20-14/h3-6,10-11,14,17H,7-9H2,1-2H3,(H,16,18). The maximum atomic E-state index is 12.0. The Bertz CT molecular complexity index is 461. The number of aliphatic hydroxyl groups is 1. The molecule has 2 atom stereocenters. The lowest BCUT2D eigenvalue weighted by Crippen LogP contribution is -2.46. The van der Waals surface area contributed by atoms with Gasteiger partial charge < -0.3 is 19.9 Å². The Morgan fingerprint density at radius 1 is 1.40 bits per heavy atom. The van der Waals surface area contributed by atoms with Crippen molar-refractivity contribution in [3.63, 3.8) is 0 Å². The van der Waals surface area contributed by atoms with Crippen molar-refractivity contribution >= 4 is 5.91 Å². The summed E-state index contributed by atoms with van der Waals surface area (Å²) in [6.45, 7) is 4.47. The Morgan fingerprint density at radius 2 is 2.10 bits per heavy atom. The number of carbonyl (C=O) groups is 1. The molecule has 20 heavy (non-hydrogen) atoms. The van der Waals surface area contributed by atoms with Gasteiger partial charge in [-0.25, -0.2) is 0 Å². The van der Waals surface area contributed by atoms with Gasteiger partial charge in [-0.15, -0.1) is 0 Å². The zero-order valence-electron chi connectivity index (χ0n) is 11.8. The molecule has 1 aromatic carbocycles. The summed E-state index contributed by atoms with van der Waals surface area (Å²) >= 11 is 0. The molecule has 1 amide bonds. The maximum absolute atomic E-state index is 12.0. The molecule has 1 heterocycles. The smallest absolute Gasteiger partial charge is 0.264 e. The fourth-order valence-corrected chi connectivity index (χ4v) is 2.11. The van der Waals surface area contributed by atoms with E-state index in [2.05, 4.69) is 5.32 Å². The molecule has 2 N–H and O–H groups in total. The SMILES string of the molecule is CC(C)CC(O)CNC(=O)C1COc2ccccc2O1. The Labute approximate surface area is 118 Å². The van der Waals surface area contributed by atoms with Gasteiger partial charge in [-0.1, -0.05) is 26.0 Å². The summed E-state index contributed by atoms with van der Waals surface area (Å²) in [6, 6.07) is 7.25. The highest BCUT2D eigenvalue weighted by Crippen LogP contribution is 2.30. The minimum absolute atomic E-state index is 0.184. The Morgan fingerprint density at radius 3 is 2.80 bits per heavy atom. The molecule has 0 saturated carbocycles. The molecule has 0 saturated heterocycles. The molecule has 110 valence electrons. The molecule has 0 bridgehead atoms. The molecule has 0 fully saturated rings. The first-order chi connectivity index (χ1) is 9.56. The van der Waals surface area contributed by atoms with E-state index in [1.807, 2.05) is 26.0 Å². The maximum Gasteiger partial charge on any atom is 0.264 e. The number of nitrogens with one attached hydrogen (secondary N) is 1. The van der Waals surface area contributed by atoms with Gasteiger partial charge in [-0.3, -0.25) is 4.79 Å². The van der Waals surface area contributed by atoms with E-state index >= 15 is 0 Å². The van der Waals surface area contributed by atoms with Crippen molar-refractivity contribution in [2.75, 3.05) is 13.2 Å². The van der Waals surface area contributed by atoms with E-state index in [0.717, 1.165) is 0 Å². The fourth-order valence-electron chi connectivity index (χ4n) is 2.11. The number of carbonyl (C=O) groups excluding carboxylic acids is 1. The first-order valence-corrected chi connectivity index (χ1v) is 6.90. The zero-order chi connectivity index (χ0) is 14.5.